The minimum absolute atomic E-state index is 0.0159. The Labute approximate surface area is 117 Å². The van der Waals surface area contributed by atoms with Gasteiger partial charge in [0, 0.05) is 12.6 Å². The molecular formula is C11H17N3O5S. The maximum absolute atomic E-state index is 12.1. The third-order valence-electron chi connectivity index (χ3n) is 2.71. The minimum atomic E-state index is -3.99. The van der Waals surface area contributed by atoms with Crippen LogP contribution >= 0.6 is 0 Å². The summed E-state index contributed by atoms with van der Waals surface area (Å²) in [5.74, 6) is 0.209. The number of hydrogen-bond acceptors (Lipinski definition) is 6. The summed E-state index contributed by atoms with van der Waals surface area (Å²) in [6, 6.07) is 3.20. The standard InChI is InChI=1S/C11H17N3O5S/c1-3-8(12)7-13-20(17,18)11-5-4-9(19-2)6-10(11)14(15)16/h4-6,8,13H,3,7,12H2,1-2H3. The lowest BCUT2D eigenvalue weighted by Crippen LogP contribution is -2.36. The monoisotopic (exact) mass is 303 g/mol. The molecule has 0 aliphatic heterocycles. The van der Waals surface area contributed by atoms with E-state index in [1.807, 2.05) is 6.92 Å². The van der Waals surface area contributed by atoms with Crippen LogP contribution in [-0.2, 0) is 10.0 Å². The van der Waals surface area contributed by atoms with E-state index in [-0.39, 0.29) is 18.3 Å². The van der Waals surface area contributed by atoms with Crippen molar-refractivity contribution in [2.24, 2.45) is 5.73 Å². The Morgan fingerprint density at radius 2 is 2.15 bits per heavy atom. The highest BCUT2D eigenvalue weighted by atomic mass is 32.2. The van der Waals surface area contributed by atoms with Gasteiger partial charge in [0.05, 0.1) is 18.1 Å². The molecule has 1 aromatic rings. The molecule has 20 heavy (non-hydrogen) atoms. The summed E-state index contributed by atoms with van der Waals surface area (Å²) < 4.78 is 31.2. The Bertz CT molecular complexity index is 588. The molecular weight excluding hydrogens is 286 g/mol. The third kappa shape index (κ3) is 3.89. The van der Waals surface area contributed by atoms with E-state index < -0.39 is 25.5 Å². The lowest BCUT2D eigenvalue weighted by Gasteiger charge is -2.11. The number of hydrogen-bond donors (Lipinski definition) is 2. The molecule has 1 aromatic carbocycles. The number of benzene rings is 1. The first-order chi connectivity index (χ1) is 9.31. The van der Waals surface area contributed by atoms with Gasteiger partial charge in [0.15, 0.2) is 4.90 Å². The van der Waals surface area contributed by atoms with Crippen molar-refractivity contribution in [3.8, 4) is 5.75 Å². The van der Waals surface area contributed by atoms with Crippen molar-refractivity contribution in [2.75, 3.05) is 13.7 Å². The summed E-state index contributed by atoms with van der Waals surface area (Å²) in [6.07, 6.45) is 0.591. The third-order valence-corrected chi connectivity index (χ3v) is 4.18. The van der Waals surface area contributed by atoms with Crippen LogP contribution in [0.25, 0.3) is 0 Å². The van der Waals surface area contributed by atoms with Gasteiger partial charge in [-0.3, -0.25) is 10.1 Å². The van der Waals surface area contributed by atoms with Crippen LogP contribution in [-0.4, -0.2) is 33.0 Å². The average Bonchev–Trinajstić information content (AvgIpc) is 2.43. The zero-order chi connectivity index (χ0) is 15.3. The molecule has 1 atom stereocenters. The maximum atomic E-state index is 12.1. The quantitative estimate of drug-likeness (QED) is 0.562. The predicted molar refractivity (Wildman–Crippen MR) is 73.1 cm³/mol. The fraction of sp³-hybridized carbons (Fsp3) is 0.455. The van der Waals surface area contributed by atoms with Crippen molar-refractivity contribution < 1.29 is 18.1 Å². The van der Waals surface area contributed by atoms with E-state index in [2.05, 4.69) is 4.72 Å². The normalized spacial score (nSPS) is 12.9. The molecule has 0 heterocycles. The summed E-state index contributed by atoms with van der Waals surface area (Å²) in [5, 5.41) is 11.0. The Balaban J connectivity index is 3.14. The number of nitro groups is 1. The first-order valence-electron chi connectivity index (χ1n) is 5.89. The van der Waals surface area contributed by atoms with E-state index >= 15 is 0 Å². The van der Waals surface area contributed by atoms with Crippen LogP contribution in [0, 0.1) is 10.1 Å². The van der Waals surface area contributed by atoms with Gasteiger partial charge < -0.3 is 10.5 Å². The summed E-state index contributed by atoms with van der Waals surface area (Å²) in [5.41, 5.74) is 5.08. The summed E-state index contributed by atoms with van der Waals surface area (Å²) in [7, 11) is -2.65. The van der Waals surface area contributed by atoms with Gasteiger partial charge in [0.1, 0.15) is 5.75 Å². The number of nitrogens with two attached hydrogens (primary N) is 1. The van der Waals surface area contributed by atoms with Gasteiger partial charge in [0.2, 0.25) is 10.0 Å². The molecule has 0 radical (unpaired) electrons. The lowest BCUT2D eigenvalue weighted by atomic mass is 10.2. The molecule has 0 bridgehead atoms. The van der Waals surface area contributed by atoms with Gasteiger partial charge in [-0.1, -0.05) is 6.92 Å². The SMILES string of the molecule is CCC(N)CNS(=O)(=O)c1ccc(OC)cc1[N+](=O)[O-]. The molecule has 0 saturated carbocycles. The summed E-state index contributed by atoms with van der Waals surface area (Å²) in [4.78, 5) is 9.79. The molecule has 3 N–H and O–H groups in total. The van der Waals surface area contributed by atoms with Gasteiger partial charge in [-0.25, -0.2) is 13.1 Å². The van der Waals surface area contributed by atoms with Gasteiger partial charge in [-0.05, 0) is 18.6 Å². The Kier molecular flexibility index (Phi) is 5.43. The maximum Gasteiger partial charge on any atom is 0.293 e. The predicted octanol–water partition coefficient (Wildman–Crippen LogP) is 0.619. The largest absolute Gasteiger partial charge is 0.497 e. The van der Waals surface area contributed by atoms with E-state index in [0.717, 1.165) is 12.1 Å². The lowest BCUT2D eigenvalue weighted by molar-refractivity contribution is -0.387. The first kappa shape index (κ1) is 16.3. The average molecular weight is 303 g/mol. The van der Waals surface area contributed by atoms with Crippen molar-refractivity contribution >= 4 is 15.7 Å². The highest BCUT2D eigenvalue weighted by Crippen LogP contribution is 2.28. The Morgan fingerprint density at radius 1 is 1.50 bits per heavy atom. The van der Waals surface area contributed by atoms with Crippen molar-refractivity contribution in [1.82, 2.24) is 4.72 Å². The van der Waals surface area contributed by atoms with Gasteiger partial charge in [-0.2, -0.15) is 0 Å². The van der Waals surface area contributed by atoms with Crippen molar-refractivity contribution in [2.45, 2.75) is 24.3 Å². The van der Waals surface area contributed by atoms with E-state index in [4.69, 9.17) is 10.5 Å². The minimum Gasteiger partial charge on any atom is -0.497 e. The zero-order valence-electron chi connectivity index (χ0n) is 11.2. The van der Waals surface area contributed by atoms with Crippen LogP contribution in [0.1, 0.15) is 13.3 Å². The van der Waals surface area contributed by atoms with Crippen LogP contribution in [0.3, 0.4) is 0 Å². The molecule has 1 rings (SSSR count). The Morgan fingerprint density at radius 3 is 2.65 bits per heavy atom. The van der Waals surface area contributed by atoms with Crippen molar-refractivity contribution in [3.63, 3.8) is 0 Å². The second kappa shape index (κ2) is 6.64. The van der Waals surface area contributed by atoms with Crippen molar-refractivity contribution in [1.29, 1.82) is 0 Å². The molecule has 9 heteroatoms. The van der Waals surface area contributed by atoms with E-state index in [9.17, 15) is 18.5 Å². The number of rotatable bonds is 7. The summed E-state index contributed by atoms with van der Waals surface area (Å²) in [6.45, 7) is 1.83. The van der Waals surface area contributed by atoms with Gasteiger partial charge in [-0.15, -0.1) is 0 Å². The molecule has 0 saturated heterocycles. The molecule has 0 aliphatic rings. The zero-order valence-corrected chi connectivity index (χ0v) is 12.0. The molecule has 112 valence electrons. The van der Waals surface area contributed by atoms with Crippen LogP contribution in [0.4, 0.5) is 5.69 Å². The number of nitrogens with zero attached hydrogens (tertiary/aromatic N) is 1. The fourth-order valence-electron chi connectivity index (χ4n) is 1.43. The van der Waals surface area contributed by atoms with E-state index in [0.29, 0.717) is 6.42 Å². The molecule has 1 unspecified atom stereocenters. The second-order valence-electron chi connectivity index (χ2n) is 4.11. The van der Waals surface area contributed by atoms with Crippen LogP contribution in [0.15, 0.2) is 23.1 Å². The topological polar surface area (TPSA) is 125 Å². The number of nitrogens with one attached hydrogen (secondary N) is 1. The fourth-order valence-corrected chi connectivity index (χ4v) is 2.68. The number of methoxy groups -OCH3 is 1. The molecule has 0 aliphatic carbocycles. The smallest absolute Gasteiger partial charge is 0.293 e. The van der Waals surface area contributed by atoms with E-state index in [1.54, 1.807) is 0 Å². The second-order valence-corrected chi connectivity index (χ2v) is 5.85. The molecule has 0 aromatic heterocycles. The molecule has 8 nitrogen and oxygen atoms in total. The van der Waals surface area contributed by atoms with Crippen LogP contribution in [0.5, 0.6) is 5.75 Å². The molecule has 0 fully saturated rings. The highest BCUT2D eigenvalue weighted by molar-refractivity contribution is 7.89. The number of nitro benzene ring substituents is 1. The number of sulfonamides is 1. The number of ether oxygens (including phenoxy) is 1. The highest BCUT2D eigenvalue weighted by Gasteiger charge is 2.26. The van der Waals surface area contributed by atoms with Crippen LogP contribution in [0.2, 0.25) is 0 Å². The van der Waals surface area contributed by atoms with Crippen molar-refractivity contribution in [3.05, 3.63) is 28.3 Å². The van der Waals surface area contributed by atoms with Gasteiger partial charge in [0.25, 0.3) is 5.69 Å². The first-order valence-corrected chi connectivity index (χ1v) is 7.37. The molecule has 0 amide bonds. The Hall–Kier alpha value is -1.71. The molecule has 0 spiro atoms. The van der Waals surface area contributed by atoms with Gasteiger partial charge >= 0.3 is 0 Å². The van der Waals surface area contributed by atoms with Crippen LogP contribution < -0.4 is 15.2 Å². The summed E-state index contributed by atoms with van der Waals surface area (Å²) >= 11 is 0. The van der Waals surface area contributed by atoms with E-state index in [1.165, 1.54) is 13.2 Å².